The van der Waals surface area contributed by atoms with Crippen LogP contribution in [0.2, 0.25) is 5.02 Å². The third kappa shape index (κ3) is 6.94. The zero-order valence-electron chi connectivity index (χ0n) is 27.7. The van der Waals surface area contributed by atoms with Crippen LogP contribution in [0.4, 0.5) is 4.39 Å². The Hall–Kier alpha value is -3.96. The van der Waals surface area contributed by atoms with E-state index in [1.807, 2.05) is 42.1 Å². The molecule has 0 amide bonds. The number of fused-ring (bicyclic) bond motifs is 2. The summed E-state index contributed by atoms with van der Waals surface area (Å²) in [6, 6.07) is 14.0. The van der Waals surface area contributed by atoms with Crippen molar-refractivity contribution in [2.24, 2.45) is 7.05 Å². The third-order valence-corrected chi connectivity index (χ3v) is 9.37. The quantitative estimate of drug-likeness (QED) is 0.102. The molecule has 0 aliphatic carbocycles. The molecular formula is C37H42ClFN4O5. The Bertz CT molecular complexity index is 1920. The summed E-state index contributed by atoms with van der Waals surface area (Å²) >= 11 is 6.99. The Kier molecular flexibility index (Phi) is 10.7. The summed E-state index contributed by atoms with van der Waals surface area (Å²) < 4.78 is 32.7. The molecule has 2 aromatic heterocycles. The van der Waals surface area contributed by atoms with Gasteiger partial charge in [-0.05, 0) is 73.9 Å². The summed E-state index contributed by atoms with van der Waals surface area (Å²) in [6.07, 6.45) is 1.49. The predicted octanol–water partition coefficient (Wildman–Crippen LogP) is 7.02. The molecule has 2 N–H and O–H groups in total. The van der Waals surface area contributed by atoms with Gasteiger partial charge in [-0.15, -0.1) is 0 Å². The van der Waals surface area contributed by atoms with Gasteiger partial charge in [0.15, 0.2) is 0 Å². The van der Waals surface area contributed by atoms with Crippen molar-refractivity contribution >= 4 is 39.2 Å². The minimum Gasteiger partial charge on any atom is -0.493 e. The van der Waals surface area contributed by atoms with Gasteiger partial charge < -0.3 is 24.3 Å². The van der Waals surface area contributed by atoms with Crippen LogP contribution in [0.3, 0.4) is 0 Å². The van der Waals surface area contributed by atoms with Gasteiger partial charge in [0, 0.05) is 54.3 Å². The highest BCUT2D eigenvalue weighted by atomic mass is 35.5. The highest BCUT2D eigenvalue weighted by molar-refractivity contribution is 6.35. The van der Waals surface area contributed by atoms with Crippen LogP contribution in [0.5, 0.6) is 5.75 Å². The first kappa shape index (κ1) is 33.9. The smallest absolute Gasteiger partial charge is 0.355 e. The molecule has 1 aliphatic heterocycles. The fourth-order valence-electron chi connectivity index (χ4n) is 6.72. The fraction of sp³-hybridized carbons (Fsp3) is 0.405. The van der Waals surface area contributed by atoms with Gasteiger partial charge in [-0.25, -0.2) is 9.18 Å². The van der Waals surface area contributed by atoms with Gasteiger partial charge in [0.1, 0.15) is 17.3 Å². The number of nitrogens with zero attached hydrogens (tertiary/aromatic N) is 3. The molecule has 0 bridgehead atoms. The minimum atomic E-state index is -0.817. The van der Waals surface area contributed by atoms with Crippen molar-refractivity contribution in [3.63, 3.8) is 0 Å². The van der Waals surface area contributed by atoms with Gasteiger partial charge in [-0.2, -0.15) is 5.10 Å². The van der Waals surface area contributed by atoms with Crippen molar-refractivity contribution < 1.29 is 28.5 Å². The molecule has 0 saturated carbocycles. The maximum Gasteiger partial charge on any atom is 0.355 e. The number of hydrogen-bond acceptors (Lipinski definition) is 7. The Morgan fingerprint density at radius 2 is 1.92 bits per heavy atom. The molecular weight excluding hydrogens is 635 g/mol. The summed E-state index contributed by atoms with van der Waals surface area (Å²) in [7, 11) is 1.88. The lowest BCUT2D eigenvalue weighted by molar-refractivity contribution is 0.0297. The summed E-state index contributed by atoms with van der Waals surface area (Å²) in [5.41, 5.74) is 4.85. The van der Waals surface area contributed by atoms with Crippen LogP contribution in [0.15, 0.2) is 48.5 Å². The molecule has 1 unspecified atom stereocenters. The van der Waals surface area contributed by atoms with E-state index in [-0.39, 0.29) is 12.4 Å². The Labute approximate surface area is 284 Å². The van der Waals surface area contributed by atoms with Crippen LogP contribution in [0.1, 0.15) is 60.2 Å². The average Bonchev–Trinajstić information content (AvgIpc) is 3.62. The van der Waals surface area contributed by atoms with Crippen LogP contribution in [-0.4, -0.2) is 76.8 Å². The number of aryl methyl sites for hydroxylation is 2. The molecule has 0 radical (unpaired) electrons. The molecule has 48 heavy (non-hydrogen) atoms. The van der Waals surface area contributed by atoms with Crippen LogP contribution in [-0.2, 0) is 29.4 Å². The first-order chi connectivity index (χ1) is 23.3. The van der Waals surface area contributed by atoms with Crippen molar-refractivity contribution in [3.05, 3.63) is 82.0 Å². The molecule has 1 atom stereocenters. The highest BCUT2D eigenvalue weighted by Gasteiger charge is 2.29. The molecule has 6 rings (SSSR count). The molecule has 1 fully saturated rings. The van der Waals surface area contributed by atoms with E-state index in [2.05, 4.69) is 16.8 Å². The van der Waals surface area contributed by atoms with E-state index < -0.39 is 12.1 Å². The van der Waals surface area contributed by atoms with E-state index >= 15 is 0 Å². The number of carbonyl (C=O) groups is 1. The lowest BCUT2D eigenvalue weighted by atomic mass is 9.95. The normalized spacial score (nSPS) is 14.5. The molecule has 11 heteroatoms. The number of aromatic nitrogens is 3. The van der Waals surface area contributed by atoms with Gasteiger partial charge in [0.05, 0.1) is 48.8 Å². The van der Waals surface area contributed by atoms with Gasteiger partial charge in [0.2, 0.25) is 0 Å². The van der Waals surface area contributed by atoms with Crippen molar-refractivity contribution in [2.75, 3.05) is 46.1 Å². The molecule has 1 saturated heterocycles. The van der Waals surface area contributed by atoms with Crippen molar-refractivity contribution in [3.8, 4) is 16.9 Å². The first-order valence-corrected chi connectivity index (χ1v) is 17.0. The molecule has 254 valence electrons. The van der Waals surface area contributed by atoms with Gasteiger partial charge in [0.25, 0.3) is 0 Å². The first-order valence-electron chi connectivity index (χ1n) is 16.7. The Balaban J connectivity index is 1.33. The third-order valence-electron chi connectivity index (χ3n) is 9.06. The zero-order chi connectivity index (χ0) is 33.8. The second-order valence-electron chi connectivity index (χ2n) is 12.1. The number of ether oxygens (including phenoxy) is 3. The number of H-pyrrole nitrogens is 1. The van der Waals surface area contributed by atoms with E-state index in [0.29, 0.717) is 78.7 Å². The van der Waals surface area contributed by atoms with Crippen LogP contribution >= 0.6 is 11.6 Å². The summed E-state index contributed by atoms with van der Waals surface area (Å²) in [5.74, 6) is -0.0677. The predicted molar refractivity (Wildman–Crippen MR) is 185 cm³/mol. The fourth-order valence-corrected chi connectivity index (χ4v) is 6.97. The maximum absolute atomic E-state index is 13.8. The van der Waals surface area contributed by atoms with E-state index in [9.17, 15) is 14.3 Å². The highest BCUT2D eigenvalue weighted by Crippen LogP contribution is 2.43. The molecule has 9 nitrogen and oxygen atoms in total. The van der Waals surface area contributed by atoms with Gasteiger partial charge >= 0.3 is 5.97 Å². The lowest BCUT2D eigenvalue weighted by Crippen LogP contribution is -2.37. The van der Waals surface area contributed by atoms with Crippen molar-refractivity contribution in [1.29, 1.82) is 0 Å². The van der Waals surface area contributed by atoms with E-state index in [0.717, 1.165) is 52.6 Å². The standard InChI is InChI=1S/C37H42ClFN4O5/c1-4-29-33(36(41-42(29)3)30(44)15-16-43-17-20-46-21-18-43)32-28(38)14-13-27-26(35(40-34(27)32)37(45)47-5-2)9-7-19-48-31-10-6-8-23-22-24(39)11-12-25(23)31/h6,8,10-14,22,30,40,44H,4-5,7,9,15-21H2,1-3H3. The molecule has 3 aromatic carbocycles. The average molecular weight is 677 g/mol. The second-order valence-corrected chi connectivity index (χ2v) is 12.5. The number of carbonyl (C=O) groups excluding carboxylic acids is 1. The van der Waals surface area contributed by atoms with Crippen LogP contribution in [0, 0.1) is 5.82 Å². The van der Waals surface area contributed by atoms with Crippen molar-refractivity contribution in [2.45, 2.75) is 45.6 Å². The molecule has 5 aromatic rings. The van der Waals surface area contributed by atoms with Gasteiger partial charge in [-0.3, -0.25) is 9.58 Å². The lowest BCUT2D eigenvalue weighted by Gasteiger charge is -2.27. The van der Waals surface area contributed by atoms with Crippen molar-refractivity contribution in [1.82, 2.24) is 19.7 Å². The van der Waals surface area contributed by atoms with Crippen LogP contribution in [0.25, 0.3) is 32.8 Å². The number of morpholine rings is 1. The SMILES string of the molecule is CCOC(=O)c1[nH]c2c(-c3c(C(O)CCN4CCOCC4)nn(C)c3CC)c(Cl)ccc2c1CCCOc1cccc2cc(F)ccc12. The minimum absolute atomic E-state index is 0.230. The number of rotatable bonds is 13. The number of halogens is 2. The summed E-state index contributed by atoms with van der Waals surface area (Å²) in [5, 5.41) is 19.3. The second kappa shape index (κ2) is 15.1. The van der Waals surface area contributed by atoms with E-state index in [1.165, 1.54) is 12.1 Å². The zero-order valence-corrected chi connectivity index (χ0v) is 28.4. The maximum atomic E-state index is 13.8. The molecule has 3 heterocycles. The Morgan fingerprint density at radius 1 is 1.12 bits per heavy atom. The monoisotopic (exact) mass is 676 g/mol. The van der Waals surface area contributed by atoms with Crippen LogP contribution < -0.4 is 4.74 Å². The summed E-state index contributed by atoms with van der Waals surface area (Å²) in [4.78, 5) is 19.0. The number of nitrogens with one attached hydrogen (secondary N) is 1. The number of aromatic amines is 1. The van der Waals surface area contributed by atoms with E-state index in [4.69, 9.17) is 30.9 Å². The Morgan fingerprint density at radius 3 is 2.69 bits per heavy atom. The number of benzene rings is 3. The summed E-state index contributed by atoms with van der Waals surface area (Å²) in [6.45, 7) is 8.21. The topological polar surface area (TPSA) is 102 Å². The van der Waals surface area contributed by atoms with Gasteiger partial charge in [-0.1, -0.05) is 36.7 Å². The molecule has 1 aliphatic rings. The number of hydrogen-bond donors (Lipinski definition) is 2. The largest absolute Gasteiger partial charge is 0.493 e. The number of esters is 1. The number of aliphatic hydroxyl groups is 1. The van der Waals surface area contributed by atoms with E-state index in [1.54, 1.807) is 13.0 Å². The molecule has 0 spiro atoms. The number of aliphatic hydroxyl groups excluding tert-OH is 1.